The number of hydrogen-bond acceptors (Lipinski definition) is 2. The predicted octanol–water partition coefficient (Wildman–Crippen LogP) is 7.20. The van der Waals surface area contributed by atoms with Crippen molar-refractivity contribution in [3.63, 3.8) is 0 Å². The van der Waals surface area contributed by atoms with Gasteiger partial charge in [0.1, 0.15) is 0 Å². The summed E-state index contributed by atoms with van der Waals surface area (Å²) < 4.78 is 4.79. The molecule has 0 N–H and O–H groups in total. The molecule has 2 aromatic carbocycles. The number of carbonyl (C=O) groups is 1. The highest BCUT2D eigenvalue weighted by atomic mass is 16.5. The molecule has 3 rings (SSSR count). The smallest absolute Gasteiger partial charge is 0.337 e. The Labute approximate surface area is 181 Å². The van der Waals surface area contributed by atoms with Crippen LogP contribution in [-0.4, -0.2) is 13.1 Å². The van der Waals surface area contributed by atoms with Crippen LogP contribution in [0.25, 0.3) is 11.1 Å². The lowest BCUT2D eigenvalue weighted by atomic mass is 9.72. The van der Waals surface area contributed by atoms with Gasteiger partial charge in [-0.1, -0.05) is 83.7 Å². The van der Waals surface area contributed by atoms with Crippen LogP contribution in [0.15, 0.2) is 67.3 Å². The SMILES string of the molecule is C=C(c1ccc(C(=O)OC)cc1)c1ccc2c(c1)C(/C=C/C(C)(C)C)=CCC2(C)C. The normalized spacial score (nSPS) is 15.5. The molecule has 0 saturated carbocycles. The molecule has 0 saturated heterocycles. The zero-order chi connectivity index (χ0) is 22.1. The zero-order valence-electron chi connectivity index (χ0n) is 19.0. The van der Waals surface area contributed by atoms with Crippen molar-refractivity contribution in [1.29, 1.82) is 0 Å². The predicted molar refractivity (Wildman–Crippen MR) is 127 cm³/mol. The monoisotopic (exact) mass is 400 g/mol. The Morgan fingerprint density at radius 1 is 1.03 bits per heavy atom. The van der Waals surface area contributed by atoms with E-state index < -0.39 is 0 Å². The van der Waals surface area contributed by atoms with Gasteiger partial charge in [-0.3, -0.25) is 0 Å². The van der Waals surface area contributed by atoms with Gasteiger partial charge in [0, 0.05) is 0 Å². The first kappa shape index (κ1) is 21.8. The van der Waals surface area contributed by atoms with Crippen LogP contribution in [0, 0.1) is 5.41 Å². The molecule has 0 heterocycles. The number of carbonyl (C=O) groups excluding carboxylic acids is 1. The van der Waals surface area contributed by atoms with Crippen molar-refractivity contribution in [3.8, 4) is 0 Å². The van der Waals surface area contributed by atoms with Crippen LogP contribution in [0.5, 0.6) is 0 Å². The summed E-state index contributed by atoms with van der Waals surface area (Å²) in [5.41, 5.74) is 7.73. The van der Waals surface area contributed by atoms with E-state index in [1.807, 2.05) is 12.1 Å². The molecular weight excluding hydrogens is 368 g/mol. The van der Waals surface area contributed by atoms with Crippen LogP contribution >= 0.6 is 0 Å². The van der Waals surface area contributed by atoms with Crippen LogP contribution in [0.3, 0.4) is 0 Å². The average Bonchev–Trinajstić information content (AvgIpc) is 2.71. The Morgan fingerprint density at radius 2 is 1.63 bits per heavy atom. The van der Waals surface area contributed by atoms with E-state index in [0.29, 0.717) is 5.56 Å². The number of benzene rings is 2. The zero-order valence-corrected chi connectivity index (χ0v) is 19.0. The van der Waals surface area contributed by atoms with Crippen LogP contribution in [0.2, 0.25) is 0 Å². The van der Waals surface area contributed by atoms with Crippen molar-refractivity contribution >= 4 is 17.1 Å². The molecule has 2 heteroatoms. The maximum atomic E-state index is 11.7. The average molecular weight is 401 g/mol. The molecule has 0 atom stereocenters. The van der Waals surface area contributed by atoms with Crippen LogP contribution in [0.4, 0.5) is 0 Å². The maximum absolute atomic E-state index is 11.7. The first-order valence-corrected chi connectivity index (χ1v) is 10.4. The highest BCUT2D eigenvalue weighted by molar-refractivity contribution is 5.90. The highest BCUT2D eigenvalue weighted by Crippen LogP contribution is 2.41. The minimum Gasteiger partial charge on any atom is -0.465 e. The molecule has 0 fully saturated rings. The minimum absolute atomic E-state index is 0.108. The summed E-state index contributed by atoms with van der Waals surface area (Å²) in [4.78, 5) is 11.7. The Bertz CT molecular complexity index is 1030. The first-order valence-electron chi connectivity index (χ1n) is 10.4. The van der Waals surface area contributed by atoms with E-state index in [2.05, 4.69) is 77.6 Å². The van der Waals surface area contributed by atoms with Crippen LogP contribution < -0.4 is 0 Å². The van der Waals surface area contributed by atoms with Crippen molar-refractivity contribution < 1.29 is 9.53 Å². The summed E-state index contributed by atoms with van der Waals surface area (Å²) in [6.45, 7) is 15.6. The third-order valence-corrected chi connectivity index (χ3v) is 5.66. The molecule has 1 aliphatic carbocycles. The lowest BCUT2D eigenvalue weighted by Crippen LogP contribution is -2.21. The molecule has 0 unspecified atom stereocenters. The van der Waals surface area contributed by atoms with Crippen molar-refractivity contribution in [2.75, 3.05) is 7.11 Å². The fourth-order valence-corrected chi connectivity index (χ4v) is 3.74. The molecule has 0 spiro atoms. The van der Waals surface area contributed by atoms with E-state index >= 15 is 0 Å². The topological polar surface area (TPSA) is 26.3 Å². The van der Waals surface area contributed by atoms with Gasteiger partial charge in [0.25, 0.3) is 0 Å². The number of methoxy groups -OCH3 is 1. The maximum Gasteiger partial charge on any atom is 0.337 e. The largest absolute Gasteiger partial charge is 0.465 e. The summed E-state index contributed by atoms with van der Waals surface area (Å²) in [7, 11) is 1.39. The molecule has 1 aliphatic rings. The lowest BCUT2D eigenvalue weighted by molar-refractivity contribution is 0.0600. The third-order valence-electron chi connectivity index (χ3n) is 5.66. The van der Waals surface area contributed by atoms with E-state index in [-0.39, 0.29) is 16.8 Å². The fourth-order valence-electron chi connectivity index (χ4n) is 3.74. The van der Waals surface area contributed by atoms with Gasteiger partial charge in [-0.05, 0) is 68.8 Å². The molecule has 0 amide bonds. The van der Waals surface area contributed by atoms with E-state index in [4.69, 9.17) is 4.74 Å². The van der Waals surface area contributed by atoms with Crippen molar-refractivity contribution in [2.45, 2.75) is 46.5 Å². The summed E-state index contributed by atoms with van der Waals surface area (Å²) in [6, 6.07) is 14.1. The molecule has 156 valence electrons. The quantitative estimate of drug-likeness (QED) is 0.507. The number of ether oxygens (including phenoxy) is 1. The number of hydrogen-bond donors (Lipinski definition) is 0. The molecule has 2 aromatic rings. The van der Waals surface area contributed by atoms with Crippen molar-refractivity contribution in [1.82, 2.24) is 0 Å². The first-order chi connectivity index (χ1) is 14.0. The van der Waals surface area contributed by atoms with Gasteiger partial charge in [-0.2, -0.15) is 0 Å². The van der Waals surface area contributed by atoms with Gasteiger partial charge >= 0.3 is 5.97 Å². The highest BCUT2D eigenvalue weighted by Gasteiger charge is 2.27. The lowest BCUT2D eigenvalue weighted by Gasteiger charge is -2.32. The summed E-state index contributed by atoms with van der Waals surface area (Å²) >= 11 is 0. The summed E-state index contributed by atoms with van der Waals surface area (Å²) in [5, 5.41) is 0. The second kappa shape index (κ2) is 8.10. The molecule has 30 heavy (non-hydrogen) atoms. The Morgan fingerprint density at radius 3 is 2.23 bits per heavy atom. The van der Waals surface area contributed by atoms with E-state index in [1.165, 1.54) is 23.8 Å². The van der Waals surface area contributed by atoms with Crippen molar-refractivity contribution in [3.05, 3.63) is 95.1 Å². The second-order valence-electron chi connectivity index (χ2n) is 9.75. The third kappa shape index (κ3) is 4.64. The second-order valence-corrected chi connectivity index (χ2v) is 9.75. The van der Waals surface area contributed by atoms with Gasteiger partial charge in [0.15, 0.2) is 0 Å². The Balaban J connectivity index is 1.99. The number of fused-ring (bicyclic) bond motifs is 1. The molecule has 0 bridgehead atoms. The molecule has 2 nitrogen and oxygen atoms in total. The fraction of sp³-hybridized carbons (Fsp3) is 0.321. The minimum atomic E-state index is -0.330. The van der Waals surface area contributed by atoms with Gasteiger partial charge in [-0.15, -0.1) is 0 Å². The number of esters is 1. The van der Waals surface area contributed by atoms with Gasteiger partial charge in [0.2, 0.25) is 0 Å². The molecular formula is C28H32O2. The van der Waals surface area contributed by atoms with Gasteiger partial charge < -0.3 is 4.74 Å². The van der Waals surface area contributed by atoms with Crippen LogP contribution in [-0.2, 0) is 10.2 Å². The van der Waals surface area contributed by atoms with Crippen molar-refractivity contribution in [2.24, 2.45) is 5.41 Å². The van der Waals surface area contributed by atoms with Gasteiger partial charge in [0.05, 0.1) is 12.7 Å². The number of rotatable bonds is 4. The van der Waals surface area contributed by atoms with E-state index in [9.17, 15) is 4.79 Å². The number of allylic oxidation sites excluding steroid dienone is 4. The Kier molecular flexibility index (Phi) is 5.90. The van der Waals surface area contributed by atoms with Gasteiger partial charge in [-0.25, -0.2) is 4.79 Å². The molecule has 0 aromatic heterocycles. The summed E-state index contributed by atoms with van der Waals surface area (Å²) in [5.74, 6) is -0.330. The van der Waals surface area contributed by atoms with E-state index in [1.54, 1.807) is 12.1 Å². The van der Waals surface area contributed by atoms with Crippen LogP contribution in [0.1, 0.15) is 73.7 Å². The van der Waals surface area contributed by atoms with E-state index in [0.717, 1.165) is 23.1 Å². The summed E-state index contributed by atoms with van der Waals surface area (Å²) in [6.07, 6.45) is 7.90. The molecule has 0 aliphatic heterocycles. The standard InChI is InChI=1S/C28H32O2/c1-19(20-8-10-22(11-9-20)26(29)30-7)23-12-13-25-24(18-23)21(14-16-27(2,3)4)15-17-28(25,5)6/h8-16,18H,1,17H2,2-7H3/b16-14+. The Hall–Kier alpha value is -2.87. The molecule has 0 radical (unpaired) electrons.